The van der Waals surface area contributed by atoms with E-state index in [0.717, 1.165) is 18.4 Å². The van der Waals surface area contributed by atoms with E-state index in [4.69, 9.17) is 14.2 Å². The molecule has 2 N–H and O–H groups in total. The van der Waals surface area contributed by atoms with E-state index in [1.165, 1.54) is 12.7 Å². The molecular weight excluding hydrogens is 418 g/mol. The van der Waals surface area contributed by atoms with Crippen molar-refractivity contribution in [2.45, 2.75) is 50.9 Å². The summed E-state index contributed by atoms with van der Waals surface area (Å²) in [5, 5.41) is 15.1. The topological polar surface area (TPSA) is 77.0 Å². The second kappa shape index (κ2) is 8.69. The molecule has 2 aliphatic rings. The summed E-state index contributed by atoms with van der Waals surface area (Å²) in [6, 6.07) is 10.7. The fraction of sp³-hybridized carbons (Fsp3) is 0.370. The van der Waals surface area contributed by atoms with Crippen LogP contribution >= 0.6 is 0 Å². The van der Waals surface area contributed by atoms with Gasteiger partial charge in [0.25, 0.3) is 5.91 Å². The molecule has 1 amide bonds. The average molecular weight is 450 g/mol. The highest BCUT2D eigenvalue weighted by atomic mass is 16.5. The second-order valence-electron chi connectivity index (χ2n) is 9.07. The van der Waals surface area contributed by atoms with E-state index in [1.807, 2.05) is 19.1 Å². The molecule has 3 atom stereocenters. The third-order valence-electron chi connectivity index (χ3n) is 6.35. The lowest BCUT2D eigenvalue weighted by molar-refractivity contribution is -0.142. The van der Waals surface area contributed by atoms with E-state index in [0.29, 0.717) is 28.3 Å². The van der Waals surface area contributed by atoms with Crippen molar-refractivity contribution in [1.29, 1.82) is 0 Å². The van der Waals surface area contributed by atoms with Crippen molar-refractivity contribution < 1.29 is 24.1 Å². The zero-order chi connectivity index (χ0) is 23.8. The van der Waals surface area contributed by atoms with Crippen LogP contribution in [0.25, 0.3) is 6.08 Å². The maximum Gasteiger partial charge on any atom is 0.257 e. The van der Waals surface area contributed by atoms with Gasteiger partial charge in [0.05, 0.1) is 18.4 Å². The van der Waals surface area contributed by atoms with Gasteiger partial charge in [0.2, 0.25) is 0 Å². The molecule has 2 aromatic carbocycles. The van der Waals surface area contributed by atoms with Crippen molar-refractivity contribution in [2.24, 2.45) is 0 Å². The number of allylic oxidation sites excluding steroid dienone is 2. The molecule has 2 aromatic rings. The van der Waals surface area contributed by atoms with Gasteiger partial charge in [0.15, 0.2) is 11.7 Å². The number of nitrogens with one attached hydrogen (secondary N) is 1. The van der Waals surface area contributed by atoms with E-state index >= 15 is 0 Å². The standard InChI is InChI=1S/C27H31NO5/c1-17(2)7-6-15-26(3)16-14-18-8-13-21-22(23(18)33-26)27(30,24(32-5)25(29)28-21)19-9-11-20(31-4)12-10-19/h7-14,16,24,30H,6,15H2,1-5H3,(H,28,29)/t24-,26+,27+/m0/s1. The summed E-state index contributed by atoms with van der Waals surface area (Å²) >= 11 is 0. The molecule has 4 rings (SSSR count). The van der Waals surface area contributed by atoms with Gasteiger partial charge in [-0.2, -0.15) is 0 Å². The minimum Gasteiger partial charge on any atom is -0.497 e. The highest BCUT2D eigenvalue weighted by Gasteiger charge is 2.52. The molecule has 0 saturated heterocycles. The molecule has 0 aromatic heterocycles. The number of hydrogen-bond acceptors (Lipinski definition) is 5. The Balaban J connectivity index is 1.86. The van der Waals surface area contributed by atoms with E-state index in [1.54, 1.807) is 37.4 Å². The highest BCUT2D eigenvalue weighted by Crippen LogP contribution is 2.50. The van der Waals surface area contributed by atoms with Crippen LogP contribution in [0.5, 0.6) is 11.5 Å². The van der Waals surface area contributed by atoms with Gasteiger partial charge in [-0.25, -0.2) is 0 Å². The number of fused-ring (bicyclic) bond motifs is 3. The minimum absolute atomic E-state index is 0.416. The first-order valence-corrected chi connectivity index (χ1v) is 11.1. The Bertz CT molecular complexity index is 1120. The molecule has 0 bridgehead atoms. The van der Waals surface area contributed by atoms with Crippen LogP contribution in [-0.2, 0) is 15.1 Å². The number of methoxy groups -OCH3 is 2. The van der Waals surface area contributed by atoms with Gasteiger partial charge in [0.1, 0.15) is 17.1 Å². The second-order valence-corrected chi connectivity index (χ2v) is 9.07. The molecule has 0 spiro atoms. The lowest BCUT2D eigenvalue weighted by Gasteiger charge is -2.43. The number of rotatable bonds is 6. The third-order valence-corrected chi connectivity index (χ3v) is 6.35. The van der Waals surface area contributed by atoms with Crippen molar-refractivity contribution in [2.75, 3.05) is 19.5 Å². The van der Waals surface area contributed by atoms with Gasteiger partial charge in [-0.1, -0.05) is 29.9 Å². The maximum absolute atomic E-state index is 12.9. The van der Waals surface area contributed by atoms with Crippen molar-refractivity contribution in [3.8, 4) is 11.5 Å². The summed E-state index contributed by atoms with van der Waals surface area (Å²) in [4.78, 5) is 12.9. The van der Waals surface area contributed by atoms with Gasteiger partial charge in [-0.05, 0) is 69.5 Å². The average Bonchev–Trinajstić information content (AvgIpc) is 2.78. The van der Waals surface area contributed by atoms with Crippen molar-refractivity contribution in [1.82, 2.24) is 0 Å². The zero-order valence-electron chi connectivity index (χ0n) is 19.8. The lowest BCUT2D eigenvalue weighted by Crippen LogP contribution is -2.53. The zero-order valence-corrected chi connectivity index (χ0v) is 19.8. The predicted octanol–water partition coefficient (Wildman–Crippen LogP) is 4.81. The minimum atomic E-state index is -1.75. The Morgan fingerprint density at radius 2 is 1.91 bits per heavy atom. The number of benzene rings is 2. The number of ether oxygens (including phenoxy) is 3. The summed E-state index contributed by atoms with van der Waals surface area (Å²) in [6.07, 6.45) is 6.76. The summed E-state index contributed by atoms with van der Waals surface area (Å²) in [7, 11) is 3.00. The Morgan fingerprint density at radius 3 is 2.55 bits per heavy atom. The Labute approximate surface area is 194 Å². The van der Waals surface area contributed by atoms with Crippen LogP contribution in [0.1, 0.15) is 50.3 Å². The molecule has 6 nitrogen and oxygen atoms in total. The summed E-state index contributed by atoms with van der Waals surface area (Å²) < 4.78 is 17.4. The van der Waals surface area contributed by atoms with Gasteiger partial charge >= 0.3 is 0 Å². The molecule has 0 radical (unpaired) electrons. The number of aliphatic hydroxyl groups is 1. The smallest absolute Gasteiger partial charge is 0.257 e. The van der Waals surface area contributed by atoms with Crippen LogP contribution < -0.4 is 14.8 Å². The summed E-state index contributed by atoms with van der Waals surface area (Å²) in [5.74, 6) is 0.786. The molecule has 0 unspecified atom stereocenters. The lowest BCUT2D eigenvalue weighted by atomic mass is 9.76. The van der Waals surface area contributed by atoms with Gasteiger partial charge in [-0.15, -0.1) is 0 Å². The normalized spacial score (nSPS) is 25.4. The predicted molar refractivity (Wildman–Crippen MR) is 129 cm³/mol. The maximum atomic E-state index is 12.9. The fourth-order valence-corrected chi connectivity index (χ4v) is 4.58. The molecule has 0 aliphatic carbocycles. The molecule has 2 aliphatic heterocycles. The van der Waals surface area contributed by atoms with Gasteiger partial charge < -0.3 is 24.6 Å². The van der Waals surface area contributed by atoms with Crippen LogP contribution in [0.4, 0.5) is 5.69 Å². The Hall–Kier alpha value is -3.09. The molecule has 6 heteroatoms. The molecule has 33 heavy (non-hydrogen) atoms. The molecule has 2 heterocycles. The summed E-state index contributed by atoms with van der Waals surface area (Å²) in [6.45, 7) is 6.19. The van der Waals surface area contributed by atoms with Crippen molar-refractivity contribution in [3.05, 3.63) is 70.8 Å². The van der Waals surface area contributed by atoms with E-state index in [9.17, 15) is 9.90 Å². The van der Waals surface area contributed by atoms with Gasteiger partial charge in [-0.3, -0.25) is 4.79 Å². The number of carbonyl (C=O) groups excluding carboxylic acids is 1. The molecule has 0 saturated carbocycles. The highest BCUT2D eigenvalue weighted by molar-refractivity contribution is 6.01. The Kier molecular flexibility index (Phi) is 6.08. The number of carbonyl (C=O) groups is 1. The largest absolute Gasteiger partial charge is 0.497 e. The van der Waals surface area contributed by atoms with E-state index in [-0.39, 0.29) is 0 Å². The van der Waals surface area contributed by atoms with E-state index in [2.05, 4.69) is 31.3 Å². The van der Waals surface area contributed by atoms with Crippen LogP contribution in [-0.4, -0.2) is 36.9 Å². The van der Waals surface area contributed by atoms with Crippen LogP contribution in [0.3, 0.4) is 0 Å². The van der Waals surface area contributed by atoms with Crippen LogP contribution in [0.2, 0.25) is 0 Å². The van der Waals surface area contributed by atoms with Gasteiger partial charge in [0, 0.05) is 12.7 Å². The number of anilines is 1. The number of amides is 1. The Morgan fingerprint density at radius 1 is 1.18 bits per heavy atom. The SMILES string of the molecule is COc1ccc([C@@]2(O)c3c(ccc4c3O[C@](C)(CCC=C(C)C)C=C4)NC(=O)[C@@H]2OC)cc1. The quantitative estimate of drug-likeness (QED) is 0.619. The van der Waals surface area contributed by atoms with Crippen molar-refractivity contribution >= 4 is 17.7 Å². The first-order valence-electron chi connectivity index (χ1n) is 11.1. The van der Waals surface area contributed by atoms with Crippen LogP contribution in [0, 0.1) is 0 Å². The molecular formula is C27H31NO5. The first kappa shape index (κ1) is 23.1. The molecule has 174 valence electrons. The molecule has 0 fully saturated rings. The fourth-order valence-electron chi connectivity index (χ4n) is 4.58. The first-order chi connectivity index (χ1) is 15.7. The van der Waals surface area contributed by atoms with Crippen molar-refractivity contribution in [3.63, 3.8) is 0 Å². The third kappa shape index (κ3) is 4.05. The monoisotopic (exact) mass is 449 g/mol. The van der Waals surface area contributed by atoms with Crippen LogP contribution in [0.15, 0.2) is 54.1 Å². The van der Waals surface area contributed by atoms with E-state index < -0.39 is 23.2 Å². The summed E-state index contributed by atoms with van der Waals surface area (Å²) in [5.41, 5.74) is 1.31. The number of hydrogen-bond donors (Lipinski definition) is 2.